The molecule has 0 rings (SSSR count). The van der Waals surface area contributed by atoms with Gasteiger partial charge in [-0.05, 0) is 12.0 Å². The molecule has 0 aromatic rings. The van der Waals surface area contributed by atoms with Crippen molar-refractivity contribution in [3.05, 3.63) is 0 Å². The van der Waals surface area contributed by atoms with Gasteiger partial charge < -0.3 is 11.5 Å². The van der Waals surface area contributed by atoms with Crippen molar-refractivity contribution < 1.29 is 0 Å². The Morgan fingerprint density at radius 2 is 1.75 bits per heavy atom. The number of hydrogen-bond donors (Lipinski definition) is 2. The van der Waals surface area contributed by atoms with Gasteiger partial charge in [-0.15, -0.1) is 0 Å². The fourth-order valence-corrected chi connectivity index (χ4v) is 3.83. The second kappa shape index (κ2) is 4.99. The minimum absolute atomic E-state index is 0.210. The molecule has 0 saturated heterocycles. The van der Waals surface area contributed by atoms with E-state index < -0.39 is 8.07 Å². The molecule has 0 radical (unpaired) electrons. The first kappa shape index (κ1) is 12.1. The van der Waals surface area contributed by atoms with Crippen molar-refractivity contribution in [3.8, 4) is 0 Å². The molecule has 0 heterocycles. The molecule has 3 heteroatoms. The Labute approximate surface area is 77.7 Å². The number of hydrogen-bond acceptors (Lipinski definition) is 2. The second-order valence-corrected chi connectivity index (χ2v) is 10.3. The summed E-state index contributed by atoms with van der Waals surface area (Å²) in [4.78, 5) is 0. The normalized spacial score (nSPS) is 17.5. The summed E-state index contributed by atoms with van der Waals surface area (Å²) in [5.74, 6) is 0. The van der Waals surface area contributed by atoms with Gasteiger partial charge >= 0.3 is 0 Å². The zero-order valence-electron chi connectivity index (χ0n) is 8.93. The Morgan fingerprint density at radius 3 is 2.00 bits per heavy atom. The quantitative estimate of drug-likeness (QED) is 0.646. The predicted molar refractivity (Wildman–Crippen MR) is 59.0 cm³/mol. The van der Waals surface area contributed by atoms with Crippen LogP contribution in [0.5, 0.6) is 0 Å². The maximum Gasteiger partial charge on any atom is 0.0474 e. The van der Waals surface area contributed by atoms with Crippen LogP contribution >= 0.6 is 0 Å². The molecule has 12 heavy (non-hydrogen) atoms. The third-order valence-electron chi connectivity index (χ3n) is 2.61. The molecule has 0 aromatic heterocycles. The number of nitrogens with two attached hydrogens (primary N) is 2. The van der Waals surface area contributed by atoms with Crippen LogP contribution in [0.1, 0.15) is 19.8 Å². The van der Waals surface area contributed by atoms with Gasteiger partial charge in [-0.2, -0.15) is 0 Å². The lowest BCUT2D eigenvalue weighted by atomic mass is 10.1. The molecule has 2 unspecified atom stereocenters. The Bertz CT molecular complexity index is 120. The van der Waals surface area contributed by atoms with Crippen LogP contribution in [-0.4, -0.2) is 20.7 Å². The topological polar surface area (TPSA) is 52.0 Å². The molecule has 0 aliphatic carbocycles. The van der Waals surface area contributed by atoms with Crippen LogP contribution in [0, 0.1) is 0 Å². The Balaban J connectivity index is 4.00. The van der Waals surface area contributed by atoms with E-state index in [1.165, 1.54) is 6.42 Å². The standard InChI is InChI=1S/C9H24N2Si/c1-5-9(12(2,3)4)6-8(11)7-10/h8-9H,5-7,10-11H2,1-4H3. The zero-order chi connectivity index (χ0) is 9.78. The molecule has 0 amide bonds. The van der Waals surface area contributed by atoms with Crippen molar-refractivity contribution in [2.45, 2.75) is 51.0 Å². The van der Waals surface area contributed by atoms with E-state index in [1.54, 1.807) is 0 Å². The highest BCUT2D eigenvalue weighted by atomic mass is 28.3. The molecule has 0 saturated carbocycles. The van der Waals surface area contributed by atoms with Crippen molar-refractivity contribution in [2.75, 3.05) is 6.54 Å². The van der Waals surface area contributed by atoms with Gasteiger partial charge in [0.2, 0.25) is 0 Å². The third-order valence-corrected chi connectivity index (χ3v) is 5.70. The van der Waals surface area contributed by atoms with Crippen LogP contribution in [0.2, 0.25) is 25.2 Å². The summed E-state index contributed by atoms with van der Waals surface area (Å²) in [7, 11) is -1.00. The van der Waals surface area contributed by atoms with Gasteiger partial charge in [0.1, 0.15) is 0 Å². The van der Waals surface area contributed by atoms with Gasteiger partial charge in [-0.25, -0.2) is 0 Å². The maximum absolute atomic E-state index is 5.84. The van der Waals surface area contributed by atoms with E-state index in [0.717, 1.165) is 12.0 Å². The summed E-state index contributed by atoms with van der Waals surface area (Å²) in [6, 6.07) is 0.210. The van der Waals surface area contributed by atoms with Crippen molar-refractivity contribution in [3.63, 3.8) is 0 Å². The summed E-state index contributed by atoms with van der Waals surface area (Å²) >= 11 is 0. The molecule has 0 aliphatic heterocycles. The average molecular weight is 188 g/mol. The van der Waals surface area contributed by atoms with Crippen LogP contribution in [0.3, 0.4) is 0 Å². The van der Waals surface area contributed by atoms with E-state index in [-0.39, 0.29) is 6.04 Å². The first-order valence-electron chi connectivity index (χ1n) is 4.87. The minimum Gasteiger partial charge on any atom is -0.329 e. The van der Waals surface area contributed by atoms with Gasteiger partial charge in [0.15, 0.2) is 0 Å². The first-order valence-corrected chi connectivity index (χ1v) is 8.45. The SMILES string of the molecule is CCC(CC(N)CN)[Si](C)(C)C. The van der Waals surface area contributed by atoms with Gasteiger partial charge in [-0.1, -0.05) is 33.0 Å². The molecular formula is C9H24N2Si. The van der Waals surface area contributed by atoms with Crippen LogP contribution < -0.4 is 11.5 Å². The fraction of sp³-hybridized carbons (Fsp3) is 1.00. The fourth-order valence-electron chi connectivity index (χ4n) is 1.59. The van der Waals surface area contributed by atoms with Crippen LogP contribution in [0.4, 0.5) is 0 Å². The summed E-state index contributed by atoms with van der Waals surface area (Å²) in [5, 5.41) is 0. The molecular weight excluding hydrogens is 164 g/mol. The van der Waals surface area contributed by atoms with Crippen molar-refractivity contribution in [1.82, 2.24) is 0 Å². The molecule has 0 spiro atoms. The van der Waals surface area contributed by atoms with Crippen molar-refractivity contribution in [1.29, 1.82) is 0 Å². The lowest BCUT2D eigenvalue weighted by Gasteiger charge is -2.29. The smallest absolute Gasteiger partial charge is 0.0474 e. The predicted octanol–water partition coefficient (Wildman–Crippen LogP) is 1.78. The average Bonchev–Trinajstić information content (AvgIpc) is 1.97. The van der Waals surface area contributed by atoms with Crippen molar-refractivity contribution >= 4 is 8.07 Å². The van der Waals surface area contributed by atoms with Gasteiger partial charge in [0.05, 0.1) is 0 Å². The van der Waals surface area contributed by atoms with Crippen LogP contribution in [0.15, 0.2) is 0 Å². The van der Waals surface area contributed by atoms with Crippen LogP contribution in [-0.2, 0) is 0 Å². The lowest BCUT2D eigenvalue weighted by molar-refractivity contribution is 0.572. The Morgan fingerprint density at radius 1 is 1.25 bits per heavy atom. The summed E-state index contributed by atoms with van der Waals surface area (Å²) in [6.45, 7) is 10.1. The summed E-state index contributed by atoms with van der Waals surface area (Å²) < 4.78 is 0. The highest BCUT2D eigenvalue weighted by Gasteiger charge is 2.25. The molecule has 0 bridgehead atoms. The molecule has 2 nitrogen and oxygen atoms in total. The minimum atomic E-state index is -1.00. The first-order chi connectivity index (χ1) is 5.41. The van der Waals surface area contributed by atoms with E-state index in [1.807, 2.05) is 0 Å². The van der Waals surface area contributed by atoms with Crippen LogP contribution in [0.25, 0.3) is 0 Å². The molecule has 0 aliphatic rings. The largest absolute Gasteiger partial charge is 0.329 e. The van der Waals surface area contributed by atoms with E-state index in [0.29, 0.717) is 6.54 Å². The Hall–Kier alpha value is 0.137. The van der Waals surface area contributed by atoms with E-state index in [9.17, 15) is 0 Å². The van der Waals surface area contributed by atoms with Gasteiger partial charge in [0, 0.05) is 20.7 Å². The molecule has 0 aromatic carbocycles. The van der Waals surface area contributed by atoms with Gasteiger partial charge in [-0.3, -0.25) is 0 Å². The number of rotatable bonds is 5. The summed E-state index contributed by atoms with van der Waals surface area (Å²) in [6.07, 6.45) is 2.37. The third kappa shape index (κ3) is 4.23. The molecule has 4 N–H and O–H groups in total. The maximum atomic E-state index is 5.84. The van der Waals surface area contributed by atoms with E-state index >= 15 is 0 Å². The monoisotopic (exact) mass is 188 g/mol. The lowest BCUT2D eigenvalue weighted by Crippen LogP contribution is -2.37. The molecule has 0 fully saturated rings. The second-order valence-electron chi connectivity index (χ2n) is 4.70. The van der Waals surface area contributed by atoms with Gasteiger partial charge in [0.25, 0.3) is 0 Å². The molecule has 74 valence electrons. The Kier molecular flexibility index (Phi) is 5.05. The van der Waals surface area contributed by atoms with E-state index in [2.05, 4.69) is 26.6 Å². The van der Waals surface area contributed by atoms with E-state index in [4.69, 9.17) is 11.5 Å². The highest BCUT2D eigenvalue weighted by molar-refractivity contribution is 6.77. The zero-order valence-corrected chi connectivity index (χ0v) is 9.93. The highest BCUT2D eigenvalue weighted by Crippen LogP contribution is 2.29. The van der Waals surface area contributed by atoms with Crippen molar-refractivity contribution in [2.24, 2.45) is 11.5 Å². The summed E-state index contributed by atoms with van der Waals surface area (Å²) in [5.41, 5.74) is 12.2. The molecule has 2 atom stereocenters.